The summed E-state index contributed by atoms with van der Waals surface area (Å²) >= 11 is 0. The summed E-state index contributed by atoms with van der Waals surface area (Å²) in [5.41, 5.74) is 1.03. The van der Waals surface area contributed by atoms with Gasteiger partial charge in [0.05, 0.1) is 0 Å². The first-order valence-corrected chi connectivity index (χ1v) is 6.34. The van der Waals surface area contributed by atoms with Gasteiger partial charge in [0.2, 0.25) is 0 Å². The Bertz CT molecular complexity index is 535. The Morgan fingerprint density at radius 3 is 2.58 bits per heavy atom. The van der Waals surface area contributed by atoms with Crippen LogP contribution in [0.25, 0.3) is 0 Å². The molecule has 2 rings (SSSR count). The van der Waals surface area contributed by atoms with E-state index in [9.17, 15) is 0 Å². The van der Waals surface area contributed by atoms with Crippen molar-refractivity contribution in [1.29, 1.82) is 0 Å². The summed E-state index contributed by atoms with van der Waals surface area (Å²) in [6.07, 6.45) is 4.07. The molecule has 7 heteroatoms. The predicted octanol–water partition coefficient (Wildman–Crippen LogP) is 1.000. The van der Waals surface area contributed by atoms with E-state index in [2.05, 4.69) is 30.8 Å². The van der Waals surface area contributed by atoms with Crippen molar-refractivity contribution in [3.05, 3.63) is 24.0 Å². The van der Waals surface area contributed by atoms with Gasteiger partial charge in [-0.2, -0.15) is 0 Å². The molecule has 0 aliphatic heterocycles. The lowest BCUT2D eigenvalue weighted by molar-refractivity contribution is 0.787. The maximum Gasteiger partial charge on any atom is 0.134 e. The largest absolute Gasteiger partial charge is 0.370 e. The van der Waals surface area contributed by atoms with Gasteiger partial charge >= 0.3 is 0 Å². The third-order valence-corrected chi connectivity index (χ3v) is 2.87. The van der Waals surface area contributed by atoms with Crippen LogP contribution in [0.4, 0.5) is 11.6 Å². The van der Waals surface area contributed by atoms with Gasteiger partial charge in [-0.15, -0.1) is 10.2 Å². The third kappa shape index (κ3) is 3.18. The Kier molecular flexibility index (Phi) is 4.27. The Labute approximate surface area is 112 Å². The lowest BCUT2D eigenvalue weighted by atomic mass is 10.3. The number of anilines is 2. The van der Waals surface area contributed by atoms with Crippen LogP contribution in [-0.4, -0.2) is 37.8 Å². The normalized spacial score (nSPS) is 10.5. The van der Waals surface area contributed by atoms with E-state index in [1.165, 1.54) is 0 Å². The number of nitrogens with zero attached hydrogens (tertiary/aromatic N) is 5. The maximum absolute atomic E-state index is 4.26. The lowest BCUT2D eigenvalue weighted by Gasteiger charge is -2.11. The standard InChI is InChI=1S/C12H19N7/c1-4-13-11-9(2)12(16-7-15-11)14-6-5-10-18-17-8-19(10)3/h7-8H,4-6H2,1-3H3,(H2,13,14,15,16). The van der Waals surface area contributed by atoms with Gasteiger partial charge in [0.15, 0.2) is 0 Å². The molecule has 0 bridgehead atoms. The van der Waals surface area contributed by atoms with Gasteiger partial charge in [-0.1, -0.05) is 0 Å². The molecule has 2 aromatic rings. The molecule has 0 saturated heterocycles. The fraction of sp³-hybridized carbons (Fsp3) is 0.500. The van der Waals surface area contributed by atoms with Crippen LogP contribution in [0.5, 0.6) is 0 Å². The molecule has 0 atom stereocenters. The van der Waals surface area contributed by atoms with E-state index in [-0.39, 0.29) is 0 Å². The second-order valence-corrected chi connectivity index (χ2v) is 4.26. The number of aromatic nitrogens is 5. The van der Waals surface area contributed by atoms with Gasteiger partial charge in [-0.05, 0) is 13.8 Å². The van der Waals surface area contributed by atoms with Gasteiger partial charge in [0, 0.05) is 32.1 Å². The zero-order chi connectivity index (χ0) is 13.7. The van der Waals surface area contributed by atoms with Crippen LogP contribution in [0.2, 0.25) is 0 Å². The molecule has 7 nitrogen and oxygen atoms in total. The minimum atomic E-state index is 0.760. The molecule has 0 saturated carbocycles. The summed E-state index contributed by atoms with van der Waals surface area (Å²) in [6.45, 7) is 5.65. The van der Waals surface area contributed by atoms with Gasteiger partial charge in [-0.25, -0.2) is 9.97 Å². The van der Waals surface area contributed by atoms with E-state index in [0.717, 1.165) is 42.5 Å². The maximum atomic E-state index is 4.26. The van der Waals surface area contributed by atoms with Gasteiger partial charge in [0.1, 0.15) is 30.1 Å². The highest BCUT2D eigenvalue weighted by molar-refractivity contribution is 5.56. The first-order valence-electron chi connectivity index (χ1n) is 6.34. The summed E-state index contributed by atoms with van der Waals surface area (Å²) in [4.78, 5) is 8.47. The van der Waals surface area contributed by atoms with Crippen LogP contribution in [0, 0.1) is 6.92 Å². The smallest absolute Gasteiger partial charge is 0.134 e. The average molecular weight is 261 g/mol. The van der Waals surface area contributed by atoms with E-state index in [0.29, 0.717) is 0 Å². The predicted molar refractivity (Wildman–Crippen MR) is 74.1 cm³/mol. The molecule has 0 amide bonds. The summed E-state index contributed by atoms with van der Waals surface area (Å²) in [5, 5.41) is 14.4. The highest BCUT2D eigenvalue weighted by Gasteiger charge is 2.06. The topological polar surface area (TPSA) is 80.6 Å². The summed E-state index contributed by atoms with van der Waals surface area (Å²) in [6, 6.07) is 0. The quantitative estimate of drug-likeness (QED) is 0.807. The highest BCUT2D eigenvalue weighted by atomic mass is 15.2. The van der Waals surface area contributed by atoms with Gasteiger partial charge in [0.25, 0.3) is 0 Å². The summed E-state index contributed by atoms with van der Waals surface area (Å²) in [5.74, 6) is 2.68. The Morgan fingerprint density at radius 1 is 1.21 bits per heavy atom. The third-order valence-electron chi connectivity index (χ3n) is 2.87. The fourth-order valence-electron chi connectivity index (χ4n) is 1.80. The SMILES string of the molecule is CCNc1ncnc(NCCc2nncn2C)c1C. The van der Waals surface area contributed by atoms with Crippen molar-refractivity contribution in [2.45, 2.75) is 20.3 Å². The van der Waals surface area contributed by atoms with E-state index in [1.54, 1.807) is 12.7 Å². The van der Waals surface area contributed by atoms with Crippen LogP contribution >= 0.6 is 0 Å². The lowest BCUT2D eigenvalue weighted by Crippen LogP contribution is -2.12. The van der Waals surface area contributed by atoms with Crippen molar-refractivity contribution < 1.29 is 0 Å². The van der Waals surface area contributed by atoms with E-state index < -0.39 is 0 Å². The minimum absolute atomic E-state index is 0.760. The van der Waals surface area contributed by atoms with Crippen LogP contribution in [0.3, 0.4) is 0 Å². The van der Waals surface area contributed by atoms with Gasteiger partial charge in [-0.3, -0.25) is 0 Å². The van der Waals surface area contributed by atoms with E-state index >= 15 is 0 Å². The Hall–Kier alpha value is -2.18. The zero-order valence-corrected chi connectivity index (χ0v) is 11.5. The molecule has 2 N–H and O–H groups in total. The van der Waals surface area contributed by atoms with E-state index in [1.807, 2.05) is 25.5 Å². The number of aryl methyl sites for hydroxylation is 1. The summed E-state index contributed by atoms with van der Waals surface area (Å²) in [7, 11) is 1.94. The van der Waals surface area contributed by atoms with Crippen molar-refractivity contribution in [1.82, 2.24) is 24.7 Å². The molecule has 0 radical (unpaired) electrons. The van der Waals surface area contributed by atoms with Crippen LogP contribution < -0.4 is 10.6 Å². The van der Waals surface area contributed by atoms with Crippen molar-refractivity contribution in [3.63, 3.8) is 0 Å². The highest BCUT2D eigenvalue weighted by Crippen LogP contribution is 2.17. The number of hydrogen-bond donors (Lipinski definition) is 2. The van der Waals surface area contributed by atoms with Gasteiger partial charge < -0.3 is 15.2 Å². The van der Waals surface area contributed by atoms with Crippen molar-refractivity contribution in [3.8, 4) is 0 Å². The minimum Gasteiger partial charge on any atom is -0.370 e. The monoisotopic (exact) mass is 261 g/mol. The molecule has 2 aromatic heterocycles. The number of hydrogen-bond acceptors (Lipinski definition) is 6. The molecular formula is C12H19N7. The van der Waals surface area contributed by atoms with Crippen molar-refractivity contribution >= 4 is 11.6 Å². The first-order chi connectivity index (χ1) is 9.22. The van der Waals surface area contributed by atoms with Crippen molar-refractivity contribution in [2.24, 2.45) is 7.05 Å². The van der Waals surface area contributed by atoms with Crippen LogP contribution in [0.1, 0.15) is 18.3 Å². The molecule has 0 aromatic carbocycles. The molecular weight excluding hydrogens is 242 g/mol. The fourth-order valence-corrected chi connectivity index (χ4v) is 1.80. The Balaban J connectivity index is 1.96. The molecule has 0 aliphatic carbocycles. The average Bonchev–Trinajstić information content (AvgIpc) is 2.80. The molecule has 19 heavy (non-hydrogen) atoms. The summed E-state index contributed by atoms with van der Waals surface area (Å²) < 4.78 is 1.92. The molecule has 0 unspecified atom stereocenters. The molecule has 0 spiro atoms. The number of rotatable bonds is 6. The molecule has 0 aliphatic rings. The van der Waals surface area contributed by atoms with Crippen molar-refractivity contribution in [2.75, 3.05) is 23.7 Å². The second-order valence-electron chi connectivity index (χ2n) is 4.26. The zero-order valence-electron chi connectivity index (χ0n) is 11.5. The second kappa shape index (κ2) is 6.12. The van der Waals surface area contributed by atoms with E-state index in [4.69, 9.17) is 0 Å². The first kappa shape index (κ1) is 13.3. The van der Waals surface area contributed by atoms with Crippen LogP contribution in [-0.2, 0) is 13.5 Å². The van der Waals surface area contributed by atoms with Crippen LogP contribution in [0.15, 0.2) is 12.7 Å². The molecule has 2 heterocycles. The Morgan fingerprint density at radius 2 is 1.95 bits per heavy atom. The number of nitrogens with one attached hydrogen (secondary N) is 2. The molecule has 102 valence electrons. The molecule has 0 fully saturated rings.